The molecule has 1 aromatic heterocycles. The third kappa shape index (κ3) is 4.26. The Labute approximate surface area is 197 Å². The summed E-state index contributed by atoms with van der Waals surface area (Å²) >= 11 is 0. The Hall–Kier alpha value is -3.52. The highest BCUT2D eigenvalue weighted by atomic mass is 16.5. The predicted molar refractivity (Wildman–Crippen MR) is 143 cm³/mol. The summed E-state index contributed by atoms with van der Waals surface area (Å²) in [5.74, 6) is 0.840. The van der Waals surface area contributed by atoms with E-state index in [-0.39, 0.29) is 5.41 Å². The molecular weight excluding hydrogens is 402 g/mol. The highest BCUT2D eigenvalue weighted by molar-refractivity contribution is 6.11. The lowest BCUT2D eigenvalue weighted by atomic mass is 9.80. The number of allylic oxidation sites excluding steroid dienone is 4. The molecule has 0 aliphatic carbocycles. The molecule has 0 saturated heterocycles. The summed E-state index contributed by atoms with van der Waals surface area (Å²) in [6.07, 6.45) is 5.27. The number of benzene rings is 3. The van der Waals surface area contributed by atoms with E-state index in [9.17, 15) is 0 Å². The Kier molecular flexibility index (Phi) is 6.55. The molecule has 33 heavy (non-hydrogen) atoms. The maximum absolute atomic E-state index is 6.47. The van der Waals surface area contributed by atoms with Gasteiger partial charge in [0.05, 0.1) is 17.6 Å². The second-order valence-corrected chi connectivity index (χ2v) is 8.93. The highest BCUT2D eigenvalue weighted by Gasteiger charge is 2.22. The van der Waals surface area contributed by atoms with Gasteiger partial charge >= 0.3 is 0 Å². The summed E-state index contributed by atoms with van der Waals surface area (Å²) in [5, 5.41) is 2.44. The standard InChI is InChI=1S/C31H33NO/c1-6-24(31(4,5)7-2)22-27(23-16-10-9-11-17-23)30(33-8-3)32-28-20-14-12-18-25(28)26-19-13-15-21-29(26)32/h6,9-22H,1,7-8H2,2-5H3/b24-22+,30-27-. The van der Waals surface area contributed by atoms with E-state index in [2.05, 4.69) is 117 Å². The van der Waals surface area contributed by atoms with Gasteiger partial charge in [-0.1, -0.05) is 100 Å². The van der Waals surface area contributed by atoms with Gasteiger partial charge in [0.2, 0.25) is 5.88 Å². The molecule has 0 saturated carbocycles. The first kappa shape index (κ1) is 22.7. The molecule has 0 N–H and O–H groups in total. The molecule has 0 radical (unpaired) electrons. The fourth-order valence-electron chi connectivity index (χ4n) is 4.32. The Morgan fingerprint density at radius 2 is 1.39 bits per heavy atom. The number of para-hydroxylation sites is 2. The molecule has 0 aliphatic rings. The van der Waals surface area contributed by atoms with E-state index < -0.39 is 0 Å². The van der Waals surface area contributed by atoms with Crippen molar-refractivity contribution in [2.45, 2.75) is 34.1 Å². The van der Waals surface area contributed by atoms with Gasteiger partial charge in [-0.25, -0.2) is 0 Å². The summed E-state index contributed by atoms with van der Waals surface area (Å²) in [5.41, 5.74) is 5.65. The van der Waals surface area contributed by atoms with Crippen LogP contribution in [-0.4, -0.2) is 11.2 Å². The van der Waals surface area contributed by atoms with E-state index in [0.29, 0.717) is 6.61 Å². The van der Waals surface area contributed by atoms with Crippen molar-refractivity contribution < 1.29 is 4.74 Å². The van der Waals surface area contributed by atoms with E-state index in [1.807, 2.05) is 13.0 Å². The van der Waals surface area contributed by atoms with Crippen molar-refractivity contribution in [3.63, 3.8) is 0 Å². The van der Waals surface area contributed by atoms with Gasteiger partial charge < -0.3 is 4.74 Å². The second-order valence-electron chi connectivity index (χ2n) is 8.93. The van der Waals surface area contributed by atoms with Crippen molar-refractivity contribution in [2.24, 2.45) is 5.41 Å². The maximum Gasteiger partial charge on any atom is 0.206 e. The van der Waals surface area contributed by atoms with Gasteiger partial charge in [0.1, 0.15) is 0 Å². The predicted octanol–water partition coefficient (Wildman–Crippen LogP) is 8.71. The minimum Gasteiger partial charge on any atom is -0.478 e. The molecule has 4 aromatic rings. The lowest BCUT2D eigenvalue weighted by Crippen LogP contribution is -2.13. The van der Waals surface area contributed by atoms with Crippen LogP contribution in [0.4, 0.5) is 0 Å². The SMILES string of the molecule is C=C/C(=C\C(=C(\OCC)n1c2ccccc2c2ccccc21)c1ccccc1)C(C)(C)CC. The number of hydrogen-bond donors (Lipinski definition) is 0. The largest absolute Gasteiger partial charge is 0.478 e. The van der Waals surface area contributed by atoms with E-state index in [1.54, 1.807) is 0 Å². The van der Waals surface area contributed by atoms with E-state index >= 15 is 0 Å². The van der Waals surface area contributed by atoms with Crippen molar-refractivity contribution in [1.82, 2.24) is 4.57 Å². The normalized spacial score (nSPS) is 13.3. The summed E-state index contributed by atoms with van der Waals surface area (Å²) in [6.45, 7) is 13.5. The fourth-order valence-corrected chi connectivity index (χ4v) is 4.32. The number of fused-ring (bicyclic) bond motifs is 3. The zero-order valence-electron chi connectivity index (χ0n) is 20.1. The lowest BCUT2D eigenvalue weighted by molar-refractivity contribution is 0.282. The number of nitrogens with zero attached hydrogens (tertiary/aromatic N) is 1. The Balaban J connectivity index is 2.15. The van der Waals surface area contributed by atoms with Crippen molar-refractivity contribution in [3.05, 3.63) is 109 Å². The zero-order chi connectivity index (χ0) is 23.4. The number of aromatic nitrogens is 1. The van der Waals surface area contributed by atoms with E-state index in [1.165, 1.54) is 16.3 Å². The minimum absolute atomic E-state index is 0.0000706. The molecule has 0 spiro atoms. The fraction of sp³-hybridized carbons (Fsp3) is 0.226. The average molecular weight is 436 g/mol. The van der Waals surface area contributed by atoms with Gasteiger partial charge in [0.25, 0.3) is 0 Å². The molecule has 0 aliphatic heterocycles. The molecule has 0 atom stereocenters. The first-order valence-corrected chi connectivity index (χ1v) is 11.8. The highest BCUT2D eigenvalue weighted by Crippen LogP contribution is 2.38. The van der Waals surface area contributed by atoms with Crippen LogP contribution in [0, 0.1) is 5.41 Å². The first-order chi connectivity index (χ1) is 16.0. The summed E-state index contributed by atoms with van der Waals surface area (Å²) in [7, 11) is 0. The molecule has 1 heterocycles. The van der Waals surface area contributed by atoms with Crippen LogP contribution in [-0.2, 0) is 4.74 Å². The van der Waals surface area contributed by atoms with Gasteiger partial charge in [-0.05, 0) is 48.1 Å². The van der Waals surface area contributed by atoms with Gasteiger partial charge in [-0.15, -0.1) is 0 Å². The second kappa shape index (κ2) is 9.54. The van der Waals surface area contributed by atoms with Crippen LogP contribution in [0.5, 0.6) is 0 Å². The van der Waals surface area contributed by atoms with Crippen LogP contribution < -0.4 is 0 Å². The zero-order valence-corrected chi connectivity index (χ0v) is 20.1. The Morgan fingerprint density at radius 3 is 1.91 bits per heavy atom. The lowest BCUT2D eigenvalue weighted by Gasteiger charge is -2.26. The number of rotatable bonds is 8. The molecule has 2 nitrogen and oxygen atoms in total. The van der Waals surface area contributed by atoms with Crippen LogP contribution in [0.15, 0.2) is 103 Å². The summed E-state index contributed by atoms with van der Waals surface area (Å²) < 4.78 is 8.75. The molecule has 0 bridgehead atoms. The van der Waals surface area contributed by atoms with Gasteiger partial charge in [-0.2, -0.15) is 0 Å². The molecule has 3 aromatic carbocycles. The van der Waals surface area contributed by atoms with Crippen molar-refractivity contribution in [3.8, 4) is 0 Å². The van der Waals surface area contributed by atoms with E-state index in [0.717, 1.165) is 34.5 Å². The first-order valence-electron chi connectivity index (χ1n) is 11.8. The molecule has 2 heteroatoms. The average Bonchev–Trinajstić information content (AvgIpc) is 3.18. The van der Waals surface area contributed by atoms with Crippen LogP contribution >= 0.6 is 0 Å². The molecule has 0 amide bonds. The van der Waals surface area contributed by atoms with Crippen LogP contribution in [0.25, 0.3) is 33.3 Å². The summed E-state index contributed by atoms with van der Waals surface area (Å²) in [4.78, 5) is 0. The molecular formula is C31H33NO. The summed E-state index contributed by atoms with van der Waals surface area (Å²) in [6, 6.07) is 27.6. The van der Waals surface area contributed by atoms with Crippen molar-refractivity contribution in [2.75, 3.05) is 6.61 Å². The Bertz CT molecular complexity index is 1280. The monoisotopic (exact) mass is 435 g/mol. The molecule has 0 unspecified atom stereocenters. The number of hydrogen-bond acceptors (Lipinski definition) is 1. The van der Waals surface area contributed by atoms with Gasteiger partial charge in [0, 0.05) is 16.3 Å². The van der Waals surface area contributed by atoms with Crippen LogP contribution in [0.3, 0.4) is 0 Å². The topological polar surface area (TPSA) is 14.2 Å². The smallest absolute Gasteiger partial charge is 0.206 e. The van der Waals surface area contributed by atoms with Crippen LogP contribution in [0.1, 0.15) is 39.7 Å². The van der Waals surface area contributed by atoms with Gasteiger partial charge in [-0.3, -0.25) is 4.57 Å². The van der Waals surface area contributed by atoms with E-state index in [4.69, 9.17) is 4.74 Å². The maximum atomic E-state index is 6.47. The minimum atomic E-state index is -0.0000706. The van der Waals surface area contributed by atoms with Crippen LogP contribution in [0.2, 0.25) is 0 Å². The quantitative estimate of drug-likeness (QED) is 0.199. The molecule has 0 fully saturated rings. The molecule has 4 rings (SSSR count). The van der Waals surface area contributed by atoms with Crippen molar-refractivity contribution >= 4 is 33.3 Å². The Morgan fingerprint density at radius 1 is 0.848 bits per heavy atom. The number of ether oxygens (including phenoxy) is 1. The molecule has 168 valence electrons. The third-order valence-electron chi connectivity index (χ3n) is 6.56. The van der Waals surface area contributed by atoms with Gasteiger partial charge in [0.15, 0.2) is 0 Å². The van der Waals surface area contributed by atoms with Crippen molar-refractivity contribution in [1.29, 1.82) is 0 Å². The third-order valence-corrected chi connectivity index (χ3v) is 6.56.